The van der Waals surface area contributed by atoms with Gasteiger partial charge in [0.2, 0.25) is 5.91 Å². The highest BCUT2D eigenvalue weighted by Crippen LogP contribution is 2.35. The molecule has 0 aliphatic rings. The van der Waals surface area contributed by atoms with Crippen molar-refractivity contribution >= 4 is 27.5 Å². The Balaban J connectivity index is 1.59. The Morgan fingerprint density at radius 1 is 1.07 bits per heavy atom. The third-order valence-corrected chi connectivity index (χ3v) is 6.47. The van der Waals surface area contributed by atoms with Gasteiger partial charge >= 0.3 is 0 Å². The van der Waals surface area contributed by atoms with Crippen LogP contribution in [0.5, 0.6) is 0 Å². The van der Waals surface area contributed by atoms with Crippen LogP contribution in [0.3, 0.4) is 0 Å². The lowest BCUT2D eigenvalue weighted by Crippen LogP contribution is -2.33. The zero-order chi connectivity index (χ0) is 21.3. The van der Waals surface area contributed by atoms with E-state index in [0.717, 1.165) is 21.6 Å². The molecule has 0 aliphatic heterocycles. The van der Waals surface area contributed by atoms with Crippen molar-refractivity contribution in [2.45, 2.75) is 26.9 Å². The van der Waals surface area contributed by atoms with Gasteiger partial charge in [0.25, 0.3) is 5.56 Å². The summed E-state index contributed by atoms with van der Waals surface area (Å²) in [5.41, 5.74) is 4.04. The molecule has 0 radical (unpaired) electrons. The van der Waals surface area contributed by atoms with E-state index in [-0.39, 0.29) is 18.0 Å². The van der Waals surface area contributed by atoms with Crippen molar-refractivity contribution in [3.63, 3.8) is 0 Å². The number of aryl methyl sites for hydroxylation is 2. The standard InChI is InChI=1S/C24H23N3O2S/c1-16-9-11-18(12-10-16)13-26(3)20(28)14-27-15-25-23-21(24(27)29)17(2)22(30-23)19-7-5-4-6-8-19/h4-12,15H,13-14H2,1-3H3. The average molecular weight is 418 g/mol. The average Bonchev–Trinajstić information content (AvgIpc) is 3.09. The molecule has 0 saturated carbocycles. The summed E-state index contributed by atoms with van der Waals surface area (Å²) in [4.78, 5) is 33.7. The Hall–Kier alpha value is -3.25. The second kappa shape index (κ2) is 8.24. The fourth-order valence-corrected chi connectivity index (χ4v) is 4.60. The van der Waals surface area contributed by atoms with E-state index in [1.807, 2.05) is 68.4 Å². The van der Waals surface area contributed by atoms with Crippen molar-refractivity contribution in [3.8, 4) is 10.4 Å². The van der Waals surface area contributed by atoms with Gasteiger partial charge in [0.1, 0.15) is 11.4 Å². The van der Waals surface area contributed by atoms with E-state index in [0.29, 0.717) is 16.8 Å². The van der Waals surface area contributed by atoms with E-state index in [2.05, 4.69) is 4.98 Å². The topological polar surface area (TPSA) is 55.2 Å². The molecular formula is C24H23N3O2S. The van der Waals surface area contributed by atoms with Crippen molar-refractivity contribution in [1.82, 2.24) is 14.5 Å². The van der Waals surface area contributed by atoms with Gasteiger partial charge in [0, 0.05) is 18.5 Å². The van der Waals surface area contributed by atoms with Crippen molar-refractivity contribution in [2.75, 3.05) is 7.05 Å². The van der Waals surface area contributed by atoms with Crippen molar-refractivity contribution < 1.29 is 4.79 Å². The summed E-state index contributed by atoms with van der Waals surface area (Å²) in [5, 5.41) is 0.593. The normalized spacial score (nSPS) is 11.0. The molecule has 2 aromatic carbocycles. The van der Waals surface area contributed by atoms with Crippen LogP contribution in [0.1, 0.15) is 16.7 Å². The van der Waals surface area contributed by atoms with Crippen LogP contribution in [0.25, 0.3) is 20.7 Å². The number of fused-ring (bicyclic) bond motifs is 1. The molecule has 0 bridgehead atoms. The van der Waals surface area contributed by atoms with E-state index < -0.39 is 0 Å². The largest absolute Gasteiger partial charge is 0.340 e. The maximum atomic E-state index is 13.1. The molecule has 30 heavy (non-hydrogen) atoms. The zero-order valence-corrected chi connectivity index (χ0v) is 18.1. The molecule has 2 aromatic heterocycles. The molecular weight excluding hydrogens is 394 g/mol. The molecule has 4 rings (SSSR count). The van der Waals surface area contributed by atoms with Crippen LogP contribution >= 0.6 is 11.3 Å². The Bertz CT molecular complexity index is 1260. The zero-order valence-electron chi connectivity index (χ0n) is 17.3. The number of hydrogen-bond acceptors (Lipinski definition) is 4. The monoisotopic (exact) mass is 417 g/mol. The third-order valence-electron chi connectivity index (χ3n) is 5.22. The summed E-state index contributed by atoms with van der Waals surface area (Å²) in [6, 6.07) is 18.1. The first kappa shape index (κ1) is 20.0. The van der Waals surface area contributed by atoms with Gasteiger partial charge in [-0.1, -0.05) is 60.2 Å². The number of amides is 1. The molecule has 0 fully saturated rings. The first-order chi connectivity index (χ1) is 14.4. The van der Waals surface area contributed by atoms with Crippen molar-refractivity contribution in [3.05, 3.63) is 88.0 Å². The highest BCUT2D eigenvalue weighted by atomic mass is 32.1. The predicted molar refractivity (Wildman–Crippen MR) is 122 cm³/mol. The quantitative estimate of drug-likeness (QED) is 0.484. The molecule has 0 aliphatic carbocycles. The minimum atomic E-state index is -0.173. The van der Waals surface area contributed by atoms with E-state index >= 15 is 0 Å². The van der Waals surface area contributed by atoms with Gasteiger partial charge in [-0.2, -0.15) is 0 Å². The lowest BCUT2D eigenvalue weighted by Gasteiger charge is -2.18. The van der Waals surface area contributed by atoms with Gasteiger partial charge < -0.3 is 4.90 Å². The molecule has 0 unspecified atom stereocenters. The molecule has 2 heterocycles. The lowest BCUT2D eigenvalue weighted by atomic mass is 10.1. The smallest absolute Gasteiger partial charge is 0.262 e. The van der Waals surface area contributed by atoms with Crippen LogP contribution in [0.2, 0.25) is 0 Å². The van der Waals surface area contributed by atoms with Crippen molar-refractivity contribution in [2.24, 2.45) is 0 Å². The summed E-state index contributed by atoms with van der Waals surface area (Å²) < 4.78 is 1.41. The molecule has 5 nitrogen and oxygen atoms in total. The fraction of sp³-hybridized carbons (Fsp3) is 0.208. The Kier molecular flexibility index (Phi) is 5.50. The summed E-state index contributed by atoms with van der Waals surface area (Å²) in [7, 11) is 1.75. The second-order valence-electron chi connectivity index (χ2n) is 7.52. The number of nitrogens with zero attached hydrogens (tertiary/aromatic N) is 3. The minimum absolute atomic E-state index is 0.0277. The van der Waals surface area contributed by atoms with Gasteiger partial charge in [-0.25, -0.2) is 4.98 Å². The molecule has 1 amide bonds. The highest BCUT2D eigenvalue weighted by Gasteiger charge is 2.17. The summed E-state index contributed by atoms with van der Waals surface area (Å²) in [6.07, 6.45) is 1.48. The molecule has 0 spiro atoms. The molecule has 152 valence electrons. The van der Waals surface area contributed by atoms with Crippen LogP contribution in [0.4, 0.5) is 0 Å². The van der Waals surface area contributed by atoms with Gasteiger partial charge in [0.05, 0.1) is 11.7 Å². The van der Waals surface area contributed by atoms with Gasteiger partial charge in [-0.05, 0) is 30.5 Å². The maximum absolute atomic E-state index is 13.1. The highest BCUT2D eigenvalue weighted by molar-refractivity contribution is 7.22. The number of carbonyl (C=O) groups is 1. The number of thiophene rings is 1. The Morgan fingerprint density at radius 3 is 2.47 bits per heavy atom. The maximum Gasteiger partial charge on any atom is 0.262 e. The predicted octanol–water partition coefficient (Wildman–Crippen LogP) is 4.40. The second-order valence-corrected chi connectivity index (χ2v) is 8.51. The number of carbonyl (C=O) groups excluding carboxylic acids is 1. The number of likely N-dealkylation sites (N-methyl/N-ethyl adjacent to an activating group) is 1. The van der Waals surface area contributed by atoms with E-state index in [9.17, 15) is 9.59 Å². The molecule has 4 aromatic rings. The SMILES string of the molecule is Cc1ccc(CN(C)C(=O)Cn2cnc3sc(-c4ccccc4)c(C)c3c2=O)cc1. The summed E-state index contributed by atoms with van der Waals surface area (Å²) in [5.74, 6) is -0.130. The number of hydrogen-bond donors (Lipinski definition) is 0. The number of aromatic nitrogens is 2. The van der Waals surface area contributed by atoms with Crippen molar-refractivity contribution in [1.29, 1.82) is 0 Å². The van der Waals surface area contributed by atoms with E-state index in [1.165, 1.54) is 27.8 Å². The summed E-state index contributed by atoms with van der Waals surface area (Å²) >= 11 is 1.51. The number of rotatable bonds is 5. The van der Waals surface area contributed by atoms with Crippen LogP contribution in [0, 0.1) is 13.8 Å². The third kappa shape index (κ3) is 3.91. The van der Waals surface area contributed by atoms with Crippen LogP contribution < -0.4 is 5.56 Å². The van der Waals surface area contributed by atoms with Crippen LogP contribution in [0.15, 0.2) is 65.7 Å². The van der Waals surface area contributed by atoms with Crippen LogP contribution in [-0.2, 0) is 17.9 Å². The van der Waals surface area contributed by atoms with E-state index in [4.69, 9.17) is 0 Å². The fourth-order valence-electron chi connectivity index (χ4n) is 3.46. The number of benzene rings is 2. The summed E-state index contributed by atoms with van der Waals surface area (Å²) in [6.45, 7) is 4.45. The molecule has 6 heteroatoms. The van der Waals surface area contributed by atoms with E-state index in [1.54, 1.807) is 11.9 Å². The van der Waals surface area contributed by atoms with Gasteiger partial charge in [0.15, 0.2) is 0 Å². The molecule has 0 N–H and O–H groups in total. The first-order valence-corrected chi connectivity index (χ1v) is 10.6. The first-order valence-electron chi connectivity index (χ1n) is 9.77. The Morgan fingerprint density at radius 2 is 1.77 bits per heavy atom. The molecule has 0 saturated heterocycles. The Labute approximate surface area is 179 Å². The van der Waals surface area contributed by atoms with Gasteiger partial charge in [-0.15, -0.1) is 11.3 Å². The minimum Gasteiger partial charge on any atom is -0.340 e. The molecule has 0 atom stereocenters. The van der Waals surface area contributed by atoms with Crippen LogP contribution in [-0.4, -0.2) is 27.4 Å². The van der Waals surface area contributed by atoms with Gasteiger partial charge in [-0.3, -0.25) is 14.2 Å². The lowest BCUT2D eigenvalue weighted by molar-refractivity contribution is -0.131.